The number of hydrogen-bond acceptors (Lipinski definition) is 4. The monoisotopic (exact) mass is 209 g/mol. The summed E-state index contributed by atoms with van der Waals surface area (Å²) in [6, 6.07) is 0. The van der Waals surface area contributed by atoms with Gasteiger partial charge in [0.1, 0.15) is 5.82 Å². The average Bonchev–Trinajstić information content (AvgIpc) is 2.71. The standard InChI is InChI=1S/C10H15N3S/c1-2-8-7(11)6-12-10(13-8)9-4-3-5-14-9/h6,9H,2-5,11H2,1H3. The van der Waals surface area contributed by atoms with Crippen LogP contribution in [0.5, 0.6) is 0 Å². The Labute approximate surface area is 88.5 Å². The molecular weight excluding hydrogens is 194 g/mol. The van der Waals surface area contributed by atoms with Crippen molar-refractivity contribution in [2.45, 2.75) is 31.4 Å². The molecule has 1 aliphatic rings. The van der Waals surface area contributed by atoms with Gasteiger partial charge in [-0.15, -0.1) is 0 Å². The summed E-state index contributed by atoms with van der Waals surface area (Å²) in [6.07, 6.45) is 5.13. The molecule has 1 aromatic heterocycles. The Morgan fingerprint density at radius 1 is 1.64 bits per heavy atom. The van der Waals surface area contributed by atoms with Gasteiger partial charge >= 0.3 is 0 Å². The van der Waals surface area contributed by atoms with Crippen LogP contribution in [0, 0.1) is 0 Å². The summed E-state index contributed by atoms with van der Waals surface area (Å²) >= 11 is 1.95. The molecule has 0 amide bonds. The van der Waals surface area contributed by atoms with Crippen molar-refractivity contribution < 1.29 is 0 Å². The molecule has 0 spiro atoms. The molecule has 2 rings (SSSR count). The maximum atomic E-state index is 5.77. The Kier molecular flexibility index (Phi) is 2.91. The van der Waals surface area contributed by atoms with Crippen molar-refractivity contribution in [2.75, 3.05) is 11.5 Å². The first-order valence-corrected chi connectivity index (χ1v) is 6.09. The van der Waals surface area contributed by atoms with E-state index in [1.165, 1.54) is 18.6 Å². The zero-order valence-electron chi connectivity index (χ0n) is 8.36. The second kappa shape index (κ2) is 4.17. The van der Waals surface area contributed by atoms with Crippen molar-refractivity contribution in [1.82, 2.24) is 9.97 Å². The number of anilines is 1. The number of nitrogens with two attached hydrogens (primary N) is 1. The third kappa shape index (κ3) is 1.85. The fraction of sp³-hybridized carbons (Fsp3) is 0.600. The van der Waals surface area contributed by atoms with Crippen molar-refractivity contribution in [2.24, 2.45) is 0 Å². The molecule has 0 radical (unpaired) electrons. The van der Waals surface area contributed by atoms with E-state index in [9.17, 15) is 0 Å². The van der Waals surface area contributed by atoms with E-state index >= 15 is 0 Å². The Balaban J connectivity index is 2.25. The third-order valence-corrected chi connectivity index (χ3v) is 3.84. The molecule has 1 fully saturated rings. The smallest absolute Gasteiger partial charge is 0.141 e. The van der Waals surface area contributed by atoms with Crippen molar-refractivity contribution in [3.63, 3.8) is 0 Å². The first kappa shape index (κ1) is 9.77. The molecule has 76 valence electrons. The fourth-order valence-corrected chi connectivity index (χ4v) is 2.88. The SMILES string of the molecule is CCc1nc(C2CCCS2)ncc1N. The molecule has 1 aliphatic heterocycles. The van der Waals surface area contributed by atoms with Crippen LogP contribution >= 0.6 is 11.8 Å². The van der Waals surface area contributed by atoms with Gasteiger partial charge in [0.15, 0.2) is 0 Å². The van der Waals surface area contributed by atoms with E-state index in [-0.39, 0.29) is 0 Å². The van der Waals surface area contributed by atoms with Crippen LogP contribution in [-0.4, -0.2) is 15.7 Å². The molecule has 4 heteroatoms. The van der Waals surface area contributed by atoms with Crippen LogP contribution in [0.1, 0.15) is 36.5 Å². The molecule has 1 aromatic rings. The van der Waals surface area contributed by atoms with E-state index in [0.717, 1.165) is 23.6 Å². The minimum Gasteiger partial charge on any atom is -0.396 e. The van der Waals surface area contributed by atoms with Crippen LogP contribution in [0.4, 0.5) is 5.69 Å². The molecule has 2 N–H and O–H groups in total. The van der Waals surface area contributed by atoms with Crippen LogP contribution in [-0.2, 0) is 6.42 Å². The number of rotatable bonds is 2. The van der Waals surface area contributed by atoms with E-state index in [2.05, 4.69) is 16.9 Å². The molecule has 0 saturated carbocycles. The lowest BCUT2D eigenvalue weighted by atomic mass is 10.2. The summed E-state index contributed by atoms with van der Waals surface area (Å²) in [6.45, 7) is 2.07. The average molecular weight is 209 g/mol. The predicted octanol–water partition coefficient (Wildman–Crippen LogP) is 2.19. The van der Waals surface area contributed by atoms with Crippen LogP contribution in [0.2, 0.25) is 0 Å². The fourth-order valence-electron chi connectivity index (χ4n) is 1.66. The van der Waals surface area contributed by atoms with Gasteiger partial charge in [0.05, 0.1) is 22.8 Å². The van der Waals surface area contributed by atoms with Crippen LogP contribution in [0.3, 0.4) is 0 Å². The van der Waals surface area contributed by atoms with Gasteiger partial charge in [-0.3, -0.25) is 0 Å². The zero-order valence-corrected chi connectivity index (χ0v) is 9.18. The molecule has 2 heterocycles. The highest BCUT2D eigenvalue weighted by atomic mass is 32.2. The second-order valence-electron chi connectivity index (χ2n) is 3.49. The predicted molar refractivity (Wildman–Crippen MR) is 60.3 cm³/mol. The molecule has 0 bridgehead atoms. The first-order chi connectivity index (χ1) is 6.81. The number of aromatic nitrogens is 2. The van der Waals surface area contributed by atoms with Crippen LogP contribution in [0.15, 0.2) is 6.20 Å². The molecule has 1 saturated heterocycles. The Hall–Kier alpha value is -0.770. The summed E-state index contributed by atoms with van der Waals surface area (Å²) in [7, 11) is 0. The van der Waals surface area contributed by atoms with Gasteiger partial charge in [0, 0.05) is 0 Å². The topological polar surface area (TPSA) is 51.8 Å². The third-order valence-electron chi connectivity index (χ3n) is 2.47. The lowest BCUT2D eigenvalue weighted by Crippen LogP contribution is -2.04. The maximum absolute atomic E-state index is 5.77. The highest BCUT2D eigenvalue weighted by Crippen LogP contribution is 2.38. The molecule has 1 atom stereocenters. The van der Waals surface area contributed by atoms with Gasteiger partial charge in [0.2, 0.25) is 0 Å². The van der Waals surface area contributed by atoms with Gasteiger partial charge in [-0.25, -0.2) is 9.97 Å². The number of thioether (sulfide) groups is 1. The number of nitrogens with zero attached hydrogens (tertiary/aromatic N) is 2. The summed E-state index contributed by atoms with van der Waals surface area (Å²) < 4.78 is 0. The van der Waals surface area contributed by atoms with Crippen LogP contribution in [0.25, 0.3) is 0 Å². The van der Waals surface area contributed by atoms with Crippen molar-refractivity contribution in [1.29, 1.82) is 0 Å². The van der Waals surface area contributed by atoms with E-state index in [4.69, 9.17) is 5.73 Å². The zero-order chi connectivity index (χ0) is 9.97. The molecule has 14 heavy (non-hydrogen) atoms. The normalized spacial score (nSPS) is 21.4. The van der Waals surface area contributed by atoms with E-state index in [0.29, 0.717) is 5.25 Å². The number of hydrogen-bond donors (Lipinski definition) is 1. The summed E-state index contributed by atoms with van der Waals surface area (Å²) in [5.74, 6) is 2.21. The van der Waals surface area contributed by atoms with Crippen molar-refractivity contribution in [3.05, 3.63) is 17.7 Å². The van der Waals surface area contributed by atoms with Crippen molar-refractivity contribution in [3.8, 4) is 0 Å². The highest BCUT2D eigenvalue weighted by molar-refractivity contribution is 7.99. The van der Waals surface area contributed by atoms with E-state index < -0.39 is 0 Å². The minimum absolute atomic E-state index is 0.501. The first-order valence-electron chi connectivity index (χ1n) is 5.04. The Bertz CT molecular complexity index is 321. The lowest BCUT2D eigenvalue weighted by Gasteiger charge is -2.09. The summed E-state index contributed by atoms with van der Waals surface area (Å²) in [5, 5.41) is 0.501. The lowest BCUT2D eigenvalue weighted by molar-refractivity contribution is 0.767. The molecule has 3 nitrogen and oxygen atoms in total. The molecular formula is C10H15N3S. The van der Waals surface area contributed by atoms with Gasteiger partial charge in [0.25, 0.3) is 0 Å². The minimum atomic E-state index is 0.501. The van der Waals surface area contributed by atoms with Crippen molar-refractivity contribution >= 4 is 17.4 Å². The largest absolute Gasteiger partial charge is 0.396 e. The van der Waals surface area contributed by atoms with E-state index in [1.54, 1.807) is 6.20 Å². The Morgan fingerprint density at radius 3 is 3.14 bits per heavy atom. The molecule has 1 unspecified atom stereocenters. The van der Waals surface area contributed by atoms with Gasteiger partial charge in [-0.2, -0.15) is 11.8 Å². The van der Waals surface area contributed by atoms with Gasteiger partial charge in [-0.05, 0) is 25.0 Å². The Morgan fingerprint density at radius 2 is 2.50 bits per heavy atom. The quantitative estimate of drug-likeness (QED) is 0.811. The summed E-state index contributed by atoms with van der Waals surface area (Å²) in [4.78, 5) is 8.83. The van der Waals surface area contributed by atoms with E-state index in [1.807, 2.05) is 11.8 Å². The second-order valence-corrected chi connectivity index (χ2v) is 4.80. The van der Waals surface area contributed by atoms with Gasteiger partial charge in [-0.1, -0.05) is 6.92 Å². The molecule has 0 aromatic carbocycles. The van der Waals surface area contributed by atoms with Crippen LogP contribution < -0.4 is 5.73 Å². The van der Waals surface area contributed by atoms with Gasteiger partial charge < -0.3 is 5.73 Å². The summed E-state index contributed by atoms with van der Waals surface area (Å²) in [5.41, 5.74) is 7.48. The number of nitrogen functional groups attached to an aromatic ring is 1. The maximum Gasteiger partial charge on any atom is 0.141 e. The molecule has 0 aliphatic carbocycles. The number of aryl methyl sites for hydroxylation is 1. The highest BCUT2D eigenvalue weighted by Gasteiger charge is 2.20.